The van der Waals surface area contributed by atoms with E-state index in [0.717, 1.165) is 23.0 Å². The molecular formula is C22H20N2O4. The third-order valence-electron chi connectivity index (χ3n) is 4.47. The maximum Gasteiger partial charge on any atom is 0.261 e. The molecule has 3 rings (SSSR count). The number of phenolic OH excluding ortho intramolecular Hbond substituents is 1. The third kappa shape index (κ3) is 3.71. The minimum atomic E-state index is -0.547. The minimum absolute atomic E-state index is 0.0688. The summed E-state index contributed by atoms with van der Waals surface area (Å²) in [6, 6.07) is 11.6. The monoisotopic (exact) mass is 376 g/mol. The van der Waals surface area contributed by atoms with E-state index in [1.54, 1.807) is 19.1 Å². The van der Waals surface area contributed by atoms with Gasteiger partial charge in [-0.3, -0.25) is 15.0 Å². The lowest BCUT2D eigenvalue weighted by molar-refractivity contribution is 0.102. The Kier molecular flexibility index (Phi) is 5.13. The number of nitrogens with one attached hydrogen (secondary N) is 2. The van der Waals surface area contributed by atoms with E-state index in [1.165, 1.54) is 12.1 Å². The van der Waals surface area contributed by atoms with Crippen molar-refractivity contribution in [3.63, 3.8) is 0 Å². The van der Waals surface area contributed by atoms with Gasteiger partial charge in [-0.25, -0.2) is 0 Å². The van der Waals surface area contributed by atoms with Crippen molar-refractivity contribution in [3.8, 4) is 5.75 Å². The maximum atomic E-state index is 12.8. The molecule has 3 N–H and O–H groups in total. The molecule has 0 spiro atoms. The second-order valence-electron chi connectivity index (χ2n) is 6.65. The molecule has 0 radical (unpaired) electrons. The van der Waals surface area contributed by atoms with E-state index >= 15 is 0 Å². The molecule has 0 aliphatic heterocycles. The van der Waals surface area contributed by atoms with Crippen LogP contribution in [0.25, 0.3) is 0 Å². The first-order valence-electron chi connectivity index (χ1n) is 8.67. The summed E-state index contributed by atoms with van der Waals surface area (Å²) in [5, 5.41) is 20.7. The number of hydrogen-bond donors (Lipinski definition) is 3. The molecule has 3 aromatic rings. The fourth-order valence-electron chi connectivity index (χ4n) is 2.91. The SMILES string of the molecule is Cc1ccc(O)c(C(=O)c2coc(=N)c(C(=O)Nc3c(C)cccc3C)c2)c1. The Hall–Kier alpha value is -3.67. The molecule has 0 aliphatic carbocycles. The predicted octanol–water partition coefficient (Wildman–Crippen LogP) is 3.87. The lowest BCUT2D eigenvalue weighted by Crippen LogP contribution is -2.22. The lowest BCUT2D eigenvalue weighted by atomic mass is 10.0. The molecule has 6 nitrogen and oxygen atoms in total. The maximum absolute atomic E-state index is 12.8. The number of aryl methyl sites for hydroxylation is 3. The van der Waals surface area contributed by atoms with Crippen molar-refractivity contribution in [1.29, 1.82) is 5.41 Å². The summed E-state index contributed by atoms with van der Waals surface area (Å²) in [5.41, 5.74) is 2.98. The normalized spacial score (nSPS) is 10.5. The lowest BCUT2D eigenvalue weighted by Gasteiger charge is -2.12. The van der Waals surface area contributed by atoms with E-state index in [4.69, 9.17) is 9.83 Å². The van der Waals surface area contributed by atoms with E-state index < -0.39 is 11.7 Å². The first kappa shape index (κ1) is 19.1. The van der Waals surface area contributed by atoms with Gasteiger partial charge in [0.05, 0.1) is 11.1 Å². The highest BCUT2D eigenvalue weighted by Crippen LogP contribution is 2.23. The molecule has 0 atom stereocenters. The number of aromatic hydroxyl groups is 1. The van der Waals surface area contributed by atoms with Gasteiger partial charge in [-0.2, -0.15) is 0 Å². The molecule has 6 heteroatoms. The summed E-state index contributed by atoms with van der Waals surface area (Å²) in [6.07, 6.45) is 1.11. The van der Waals surface area contributed by atoms with Crippen molar-refractivity contribution < 1.29 is 19.1 Å². The summed E-state index contributed by atoms with van der Waals surface area (Å²) < 4.78 is 5.12. The Labute approximate surface area is 162 Å². The summed E-state index contributed by atoms with van der Waals surface area (Å²) >= 11 is 0. The second kappa shape index (κ2) is 7.52. The average molecular weight is 376 g/mol. The van der Waals surface area contributed by atoms with E-state index in [-0.39, 0.29) is 28.0 Å². The van der Waals surface area contributed by atoms with E-state index in [1.807, 2.05) is 32.0 Å². The van der Waals surface area contributed by atoms with Gasteiger partial charge in [0, 0.05) is 5.69 Å². The fourth-order valence-corrected chi connectivity index (χ4v) is 2.91. The number of benzene rings is 2. The summed E-state index contributed by atoms with van der Waals surface area (Å²) in [7, 11) is 0. The third-order valence-corrected chi connectivity index (χ3v) is 4.47. The zero-order valence-corrected chi connectivity index (χ0v) is 15.8. The van der Waals surface area contributed by atoms with Gasteiger partial charge >= 0.3 is 0 Å². The van der Waals surface area contributed by atoms with Crippen molar-refractivity contribution in [2.24, 2.45) is 0 Å². The molecule has 1 aromatic heterocycles. The number of hydrogen-bond acceptors (Lipinski definition) is 5. The topological polar surface area (TPSA) is 103 Å². The molecule has 142 valence electrons. The van der Waals surface area contributed by atoms with Gasteiger partial charge in [-0.1, -0.05) is 29.8 Å². The van der Waals surface area contributed by atoms with Crippen LogP contribution in [0, 0.1) is 26.2 Å². The van der Waals surface area contributed by atoms with Crippen LogP contribution < -0.4 is 10.9 Å². The van der Waals surface area contributed by atoms with Gasteiger partial charge in [0.2, 0.25) is 5.55 Å². The summed E-state index contributed by atoms with van der Waals surface area (Å²) in [5.74, 6) is -1.20. The van der Waals surface area contributed by atoms with Crippen molar-refractivity contribution in [1.82, 2.24) is 0 Å². The number of amides is 1. The molecule has 1 heterocycles. The van der Waals surface area contributed by atoms with Crippen LogP contribution >= 0.6 is 0 Å². The Balaban J connectivity index is 1.98. The number of ketones is 1. The number of carbonyl (C=O) groups excluding carboxylic acids is 2. The molecule has 0 bridgehead atoms. The molecule has 1 amide bonds. The first-order chi connectivity index (χ1) is 13.3. The van der Waals surface area contributed by atoms with Gasteiger partial charge < -0.3 is 14.8 Å². The fraction of sp³-hybridized carbons (Fsp3) is 0.136. The quantitative estimate of drug-likeness (QED) is 0.601. The predicted molar refractivity (Wildman–Crippen MR) is 105 cm³/mol. The minimum Gasteiger partial charge on any atom is -0.507 e. The van der Waals surface area contributed by atoms with Gasteiger partial charge in [-0.05, 0) is 50.1 Å². The zero-order valence-electron chi connectivity index (χ0n) is 15.8. The van der Waals surface area contributed by atoms with Crippen LogP contribution in [0.15, 0.2) is 53.1 Å². The number of phenols is 1. The van der Waals surface area contributed by atoms with E-state index in [2.05, 4.69) is 5.32 Å². The van der Waals surface area contributed by atoms with Crippen molar-refractivity contribution in [2.75, 3.05) is 5.32 Å². The van der Waals surface area contributed by atoms with E-state index in [0.29, 0.717) is 5.69 Å². The van der Waals surface area contributed by atoms with Crippen LogP contribution in [-0.2, 0) is 0 Å². The molecule has 0 saturated heterocycles. The van der Waals surface area contributed by atoms with Crippen molar-refractivity contribution in [3.05, 3.63) is 87.7 Å². The number of anilines is 1. The van der Waals surface area contributed by atoms with Crippen LogP contribution in [0.1, 0.15) is 43.0 Å². The van der Waals surface area contributed by atoms with Crippen molar-refractivity contribution >= 4 is 17.4 Å². The molecule has 0 aliphatic rings. The van der Waals surface area contributed by atoms with Crippen LogP contribution in [0.4, 0.5) is 5.69 Å². The Morgan fingerprint density at radius 3 is 2.36 bits per heavy atom. The number of carbonyl (C=O) groups is 2. The van der Waals surface area contributed by atoms with Crippen LogP contribution in [0.5, 0.6) is 5.75 Å². The Bertz CT molecular complexity index is 1130. The van der Waals surface area contributed by atoms with Crippen molar-refractivity contribution in [2.45, 2.75) is 20.8 Å². The average Bonchev–Trinajstić information content (AvgIpc) is 2.66. The van der Waals surface area contributed by atoms with Gasteiger partial charge in [0.1, 0.15) is 17.6 Å². The molecular weight excluding hydrogens is 356 g/mol. The smallest absolute Gasteiger partial charge is 0.261 e. The summed E-state index contributed by atoms with van der Waals surface area (Å²) in [4.78, 5) is 25.5. The molecule has 0 saturated carbocycles. The highest BCUT2D eigenvalue weighted by Gasteiger charge is 2.19. The molecule has 0 fully saturated rings. The second-order valence-corrected chi connectivity index (χ2v) is 6.65. The Morgan fingerprint density at radius 1 is 1.00 bits per heavy atom. The largest absolute Gasteiger partial charge is 0.507 e. The first-order valence-corrected chi connectivity index (χ1v) is 8.67. The van der Waals surface area contributed by atoms with Crippen LogP contribution in [0.3, 0.4) is 0 Å². The highest BCUT2D eigenvalue weighted by atomic mass is 16.3. The molecule has 2 aromatic carbocycles. The van der Waals surface area contributed by atoms with E-state index in [9.17, 15) is 14.7 Å². The zero-order chi connectivity index (χ0) is 20.4. The standard InChI is InChI=1S/C22H20N2O4/c1-12-7-8-18(25)16(9-12)20(26)15-10-17(21(23)28-11-15)22(27)24-19-13(2)5-4-6-14(19)3/h4-11,23,25H,1-3H3,(H,24,27). The number of rotatable bonds is 4. The van der Waals surface area contributed by atoms with Crippen LogP contribution in [-0.4, -0.2) is 16.8 Å². The Morgan fingerprint density at radius 2 is 1.68 bits per heavy atom. The number of para-hydroxylation sites is 1. The molecule has 0 unspecified atom stereocenters. The molecule has 28 heavy (non-hydrogen) atoms. The van der Waals surface area contributed by atoms with Crippen LogP contribution in [0.2, 0.25) is 0 Å². The van der Waals surface area contributed by atoms with Gasteiger partial charge in [0.25, 0.3) is 5.91 Å². The highest BCUT2D eigenvalue weighted by molar-refractivity contribution is 6.12. The van der Waals surface area contributed by atoms with Gasteiger partial charge in [0.15, 0.2) is 5.78 Å². The summed E-state index contributed by atoms with van der Waals surface area (Å²) in [6.45, 7) is 5.54. The van der Waals surface area contributed by atoms with Gasteiger partial charge in [-0.15, -0.1) is 0 Å².